The number of nitrogens with one attached hydrogen (secondary N) is 1. The first-order valence-corrected chi connectivity index (χ1v) is 8.59. The smallest absolute Gasteiger partial charge is 0.232 e. The van der Waals surface area contributed by atoms with E-state index in [1.165, 1.54) is 11.8 Å². The fourth-order valence-electron chi connectivity index (χ4n) is 2.29. The third-order valence-corrected chi connectivity index (χ3v) is 4.15. The van der Waals surface area contributed by atoms with Gasteiger partial charge in [0.2, 0.25) is 11.2 Å². The first-order valence-electron chi connectivity index (χ1n) is 6.99. The molecule has 0 aromatic carbocycles. The van der Waals surface area contributed by atoms with Gasteiger partial charge < -0.3 is 9.80 Å². The second-order valence-corrected chi connectivity index (χ2v) is 6.41. The monoisotopic (exact) mass is 318 g/mol. The van der Waals surface area contributed by atoms with Gasteiger partial charge in [-0.3, -0.25) is 0 Å². The van der Waals surface area contributed by atoms with Crippen molar-refractivity contribution in [3.63, 3.8) is 0 Å². The number of rotatable bonds is 8. The molecule has 114 valence electrons. The highest BCUT2D eigenvalue weighted by atomic mass is 35.5. The Morgan fingerprint density at radius 2 is 1.85 bits per heavy atom. The van der Waals surface area contributed by atoms with Gasteiger partial charge in [0.15, 0.2) is 11.8 Å². The Bertz CT molecular complexity index is 423. The van der Waals surface area contributed by atoms with Crippen LogP contribution in [0.2, 0.25) is 5.28 Å². The van der Waals surface area contributed by atoms with Crippen molar-refractivity contribution in [1.29, 1.82) is 0 Å². The minimum atomic E-state index is 0.238. The van der Waals surface area contributed by atoms with E-state index in [1.54, 1.807) is 0 Å². The Kier molecular flexibility index (Phi) is 6.99. The second kappa shape index (κ2) is 8.00. The van der Waals surface area contributed by atoms with Crippen LogP contribution in [0.25, 0.3) is 0 Å². The third kappa shape index (κ3) is 5.07. The van der Waals surface area contributed by atoms with Crippen LogP contribution < -0.4 is 5.32 Å². The van der Waals surface area contributed by atoms with Crippen molar-refractivity contribution in [2.75, 3.05) is 37.9 Å². The van der Waals surface area contributed by atoms with Gasteiger partial charge in [-0.2, -0.15) is 15.0 Å². The van der Waals surface area contributed by atoms with Crippen LogP contribution in [-0.2, 0) is 0 Å². The summed E-state index contributed by atoms with van der Waals surface area (Å²) in [5.74, 6) is 1.21. The second-order valence-electron chi connectivity index (χ2n) is 5.30. The summed E-state index contributed by atoms with van der Waals surface area (Å²) in [6.07, 6.45) is 1.92. The zero-order valence-electron chi connectivity index (χ0n) is 13.0. The number of nitrogens with zero attached hydrogens (tertiary/aromatic N) is 4. The molecule has 20 heavy (non-hydrogen) atoms. The van der Waals surface area contributed by atoms with E-state index < -0.39 is 0 Å². The lowest BCUT2D eigenvalue weighted by molar-refractivity contribution is -0.924. The maximum Gasteiger partial charge on any atom is 0.232 e. The molecule has 0 saturated carbocycles. The summed E-state index contributed by atoms with van der Waals surface area (Å²) in [7, 11) is 0. The molecule has 1 aromatic rings. The van der Waals surface area contributed by atoms with Crippen molar-refractivity contribution in [1.82, 2.24) is 15.0 Å². The number of quaternary nitrogens is 1. The first-order chi connectivity index (χ1) is 9.44. The number of aromatic nitrogens is 3. The molecule has 0 aliphatic carbocycles. The van der Waals surface area contributed by atoms with Crippen LogP contribution in [0.5, 0.6) is 0 Å². The van der Waals surface area contributed by atoms with Gasteiger partial charge in [-0.05, 0) is 31.7 Å². The van der Waals surface area contributed by atoms with E-state index in [0.29, 0.717) is 17.0 Å². The van der Waals surface area contributed by atoms with E-state index in [9.17, 15) is 0 Å². The Morgan fingerprint density at radius 1 is 1.20 bits per heavy atom. The Hall–Kier alpha value is -0.590. The molecule has 5 nitrogen and oxygen atoms in total. The summed E-state index contributed by atoms with van der Waals surface area (Å²) in [5, 5.41) is 4.20. The SMILES string of the molecule is CC[N+](CC)(CNc1nc(Cl)nc(SC)n1)CC(C)C. The van der Waals surface area contributed by atoms with Gasteiger partial charge >= 0.3 is 0 Å². The number of thioether (sulfide) groups is 1. The number of hydrogen-bond donors (Lipinski definition) is 1. The lowest BCUT2D eigenvalue weighted by atomic mass is 10.2. The van der Waals surface area contributed by atoms with E-state index >= 15 is 0 Å². The van der Waals surface area contributed by atoms with E-state index in [4.69, 9.17) is 11.6 Å². The fourth-order valence-corrected chi connectivity index (χ4v) is 2.85. The summed E-state index contributed by atoms with van der Waals surface area (Å²) in [6, 6.07) is 0. The van der Waals surface area contributed by atoms with Gasteiger partial charge in [-0.15, -0.1) is 0 Å². The average Bonchev–Trinajstić information content (AvgIpc) is 2.42. The number of halogens is 1. The van der Waals surface area contributed by atoms with Gasteiger partial charge in [-0.1, -0.05) is 25.6 Å². The minimum absolute atomic E-state index is 0.238. The topological polar surface area (TPSA) is 50.7 Å². The summed E-state index contributed by atoms with van der Waals surface area (Å²) < 4.78 is 0.996. The van der Waals surface area contributed by atoms with Gasteiger partial charge in [0, 0.05) is 5.92 Å². The molecule has 0 radical (unpaired) electrons. The maximum absolute atomic E-state index is 5.91. The van der Waals surface area contributed by atoms with Crippen LogP contribution >= 0.6 is 23.4 Å². The summed E-state index contributed by atoms with van der Waals surface area (Å²) in [6.45, 7) is 13.1. The normalized spacial score (nSPS) is 11.9. The predicted molar refractivity (Wildman–Crippen MR) is 86.2 cm³/mol. The standard InChI is InChI=1S/C13H25ClN5S/c1-6-19(7-2,8-10(3)4)9-15-12-16-11(14)17-13(18-12)20-5/h10H,6-9H2,1-5H3,(H,15,16,17,18)/q+1. The van der Waals surface area contributed by atoms with Gasteiger partial charge in [-0.25, -0.2) is 0 Å². The lowest BCUT2D eigenvalue weighted by Gasteiger charge is -2.38. The Balaban J connectivity index is 2.79. The third-order valence-electron chi connectivity index (χ3n) is 3.44. The van der Waals surface area contributed by atoms with Crippen LogP contribution in [-0.4, -0.2) is 52.0 Å². The van der Waals surface area contributed by atoms with Gasteiger partial charge in [0.05, 0.1) is 19.6 Å². The van der Waals surface area contributed by atoms with E-state index in [0.717, 1.165) is 30.8 Å². The van der Waals surface area contributed by atoms with Gasteiger partial charge in [0.1, 0.15) is 0 Å². The Morgan fingerprint density at radius 3 is 2.35 bits per heavy atom. The largest absolute Gasteiger partial charge is 0.307 e. The average molecular weight is 319 g/mol. The molecule has 0 amide bonds. The zero-order valence-corrected chi connectivity index (χ0v) is 14.6. The van der Waals surface area contributed by atoms with Crippen LogP contribution in [0.1, 0.15) is 27.7 Å². The molecule has 1 aromatic heterocycles. The molecular weight excluding hydrogens is 294 g/mol. The molecule has 0 bridgehead atoms. The maximum atomic E-state index is 5.91. The predicted octanol–water partition coefficient (Wildman–Crippen LogP) is 3.13. The van der Waals surface area contributed by atoms with Gasteiger partial charge in [0.25, 0.3) is 0 Å². The molecule has 0 saturated heterocycles. The molecule has 0 unspecified atom stereocenters. The quantitative estimate of drug-likeness (QED) is 0.453. The van der Waals surface area contributed by atoms with Crippen LogP contribution in [0.4, 0.5) is 5.95 Å². The minimum Gasteiger partial charge on any atom is -0.307 e. The highest BCUT2D eigenvalue weighted by molar-refractivity contribution is 7.98. The molecular formula is C13H25ClN5S+. The highest BCUT2D eigenvalue weighted by Gasteiger charge is 2.24. The van der Waals surface area contributed by atoms with Crippen molar-refractivity contribution >= 4 is 29.3 Å². The molecule has 0 atom stereocenters. The van der Waals surface area contributed by atoms with E-state index in [-0.39, 0.29) is 5.28 Å². The van der Waals surface area contributed by atoms with Crippen molar-refractivity contribution < 1.29 is 4.48 Å². The Labute approximate surface area is 131 Å². The lowest BCUT2D eigenvalue weighted by Crippen LogP contribution is -2.53. The van der Waals surface area contributed by atoms with Crippen molar-refractivity contribution in [3.8, 4) is 0 Å². The molecule has 1 heterocycles. The zero-order chi connectivity index (χ0) is 15.2. The molecule has 1 rings (SSSR count). The van der Waals surface area contributed by atoms with Crippen LogP contribution in [0.15, 0.2) is 5.16 Å². The molecule has 0 fully saturated rings. The highest BCUT2D eigenvalue weighted by Crippen LogP contribution is 2.15. The van der Waals surface area contributed by atoms with E-state index in [1.807, 2.05) is 6.26 Å². The fraction of sp³-hybridized carbons (Fsp3) is 0.769. The number of anilines is 1. The molecule has 0 spiro atoms. The molecule has 1 N–H and O–H groups in total. The van der Waals surface area contributed by atoms with Crippen molar-refractivity contribution in [3.05, 3.63) is 5.28 Å². The molecule has 0 aliphatic rings. The summed E-state index contributed by atoms with van der Waals surface area (Å²) in [4.78, 5) is 12.5. The molecule has 7 heteroatoms. The first kappa shape index (κ1) is 17.5. The summed E-state index contributed by atoms with van der Waals surface area (Å²) >= 11 is 7.37. The van der Waals surface area contributed by atoms with Crippen molar-refractivity contribution in [2.24, 2.45) is 5.92 Å². The van der Waals surface area contributed by atoms with Crippen LogP contribution in [0.3, 0.4) is 0 Å². The molecule has 0 aliphatic heterocycles. The van der Waals surface area contributed by atoms with Crippen molar-refractivity contribution in [2.45, 2.75) is 32.9 Å². The number of hydrogen-bond acceptors (Lipinski definition) is 5. The van der Waals surface area contributed by atoms with Crippen LogP contribution in [0, 0.1) is 5.92 Å². The van der Waals surface area contributed by atoms with E-state index in [2.05, 4.69) is 48.0 Å². The summed E-state index contributed by atoms with van der Waals surface area (Å²) in [5.41, 5.74) is 0.